The molecule has 1 aromatic carbocycles. The van der Waals surface area contributed by atoms with Crippen molar-refractivity contribution < 1.29 is 37.0 Å². The third kappa shape index (κ3) is 5.72. The van der Waals surface area contributed by atoms with E-state index in [1.165, 1.54) is 11.0 Å². The SMILES string of the molecule is CC(C)(C)OC(=O)N1C2CCC1CC(Oc1ccc3c(c1)cc(C(=O)N1CCOCC1)n3CC(F)(F)F)C2. The zero-order valence-electron chi connectivity index (χ0n) is 21.9. The zero-order valence-corrected chi connectivity index (χ0v) is 21.9. The van der Waals surface area contributed by atoms with Crippen LogP contribution in [0.1, 0.15) is 56.9 Å². The average molecular weight is 538 g/mol. The molecular formula is C27H34F3N3O5. The van der Waals surface area contributed by atoms with E-state index in [1.807, 2.05) is 25.7 Å². The van der Waals surface area contributed by atoms with Crippen molar-refractivity contribution in [2.75, 3.05) is 26.3 Å². The van der Waals surface area contributed by atoms with Crippen molar-refractivity contribution in [2.45, 2.75) is 83.0 Å². The Labute approximate surface area is 219 Å². The van der Waals surface area contributed by atoms with Gasteiger partial charge in [-0.2, -0.15) is 13.2 Å². The van der Waals surface area contributed by atoms with Crippen molar-refractivity contribution in [1.82, 2.24) is 14.4 Å². The number of hydrogen-bond acceptors (Lipinski definition) is 5. The highest BCUT2D eigenvalue weighted by atomic mass is 19.4. The third-order valence-corrected chi connectivity index (χ3v) is 7.32. The van der Waals surface area contributed by atoms with E-state index in [-0.39, 0.29) is 30.0 Å². The Morgan fingerprint density at radius 2 is 1.68 bits per heavy atom. The Bertz CT molecular complexity index is 1190. The Morgan fingerprint density at radius 1 is 1.03 bits per heavy atom. The summed E-state index contributed by atoms with van der Waals surface area (Å²) in [5.41, 5.74) is -0.240. The second-order valence-corrected chi connectivity index (χ2v) is 11.3. The molecule has 2 atom stereocenters. The molecule has 3 saturated heterocycles. The molecule has 2 unspecified atom stereocenters. The van der Waals surface area contributed by atoms with Crippen LogP contribution in [-0.2, 0) is 16.0 Å². The first-order valence-corrected chi connectivity index (χ1v) is 13.1. The molecule has 208 valence electrons. The van der Waals surface area contributed by atoms with E-state index >= 15 is 0 Å². The maximum absolute atomic E-state index is 13.5. The van der Waals surface area contributed by atoms with Crippen LogP contribution in [0.15, 0.2) is 24.3 Å². The number of morpholine rings is 1. The average Bonchev–Trinajstić information content (AvgIpc) is 3.31. The van der Waals surface area contributed by atoms with Crippen LogP contribution in [0.25, 0.3) is 10.9 Å². The van der Waals surface area contributed by atoms with Gasteiger partial charge in [-0.25, -0.2) is 4.79 Å². The maximum atomic E-state index is 13.5. The number of amides is 2. The number of ether oxygens (including phenoxy) is 3. The zero-order chi connectivity index (χ0) is 27.2. The van der Waals surface area contributed by atoms with Crippen molar-refractivity contribution in [1.29, 1.82) is 0 Å². The summed E-state index contributed by atoms with van der Waals surface area (Å²) in [4.78, 5) is 29.2. The molecule has 0 aliphatic carbocycles. The maximum Gasteiger partial charge on any atom is 0.410 e. The molecule has 2 bridgehead atoms. The van der Waals surface area contributed by atoms with Crippen LogP contribution >= 0.6 is 0 Å². The van der Waals surface area contributed by atoms with Crippen molar-refractivity contribution in [3.05, 3.63) is 30.0 Å². The smallest absolute Gasteiger partial charge is 0.410 e. The third-order valence-electron chi connectivity index (χ3n) is 7.32. The molecule has 4 heterocycles. The standard InChI is InChI=1S/C27H34F3N3O5/c1-26(2,3)38-25(35)33-18-4-5-19(33)15-21(14-18)37-20-6-7-22-17(12-20)13-23(32(22)16-27(28,29)30)24(34)31-8-10-36-11-9-31/h6-7,12-13,18-19,21H,4-5,8-11,14-16H2,1-3H3. The Hall–Kier alpha value is -2.95. The number of rotatable bonds is 4. The van der Waals surface area contributed by atoms with Crippen LogP contribution in [0.2, 0.25) is 0 Å². The Morgan fingerprint density at radius 3 is 2.29 bits per heavy atom. The van der Waals surface area contributed by atoms with E-state index in [2.05, 4.69) is 0 Å². The predicted octanol–water partition coefficient (Wildman–Crippen LogP) is 4.99. The van der Waals surface area contributed by atoms with Gasteiger partial charge in [-0.05, 0) is 57.9 Å². The van der Waals surface area contributed by atoms with E-state index in [4.69, 9.17) is 14.2 Å². The van der Waals surface area contributed by atoms with E-state index in [0.717, 1.165) is 17.4 Å². The van der Waals surface area contributed by atoms with Crippen LogP contribution < -0.4 is 4.74 Å². The fraction of sp³-hybridized carbons (Fsp3) is 0.630. The summed E-state index contributed by atoms with van der Waals surface area (Å²) in [6.45, 7) is 5.68. The highest BCUT2D eigenvalue weighted by Crippen LogP contribution is 2.39. The first kappa shape index (κ1) is 26.6. The molecule has 0 N–H and O–H groups in total. The van der Waals surface area contributed by atoms with Crippen molar-refractivity contribution in [3.63, 3.8) is 0 Å². The number of benzene rings is 1. The molecule has 38 heavy (non-hydrogen) atoms. The fourth-order valence-corrected chi connectivity index (χ4v) is 5.81. The number of piperidine rings is 1. The lowest BCUT2D eigenvalue weighted by molar-refractivity contribution is -0.140. The predicted molar refractivity (Wildman–Crippen MR) is 133 cm³/mol. The first-order valence-electron chi connectivity index (χ1n) is 13.1. The van der Waals surface area contributed by atoms with E-state index < -0.39 is 24.2 Å². The minimum atomic E-state index is -4.48. The van der Waals surface area contributed by atoms with Crippen LogP contribution in [0.4, 0.5) is 18.0 Å². The number of aromatic nitrogens is 1. The van der Waals surface area contributed by atoms with Gasteiger partial charge in [-0.15, -0.1) is 0 Å². The van der Waals surface area contributed by atoms with Gasteiger partial charge in [0.15, 0.2) is 0 Å². The van der Waals surface area contributed by atoms with Gasteiger partial charge in [0.25, 0.3) is 5.91 Å². The van der Waals surface area contributed by atoms with Crippen LogP contribution in [0.3, 0.4) is 0 Å². The van der Waals surface area contributed by atoms with Gasteiger partial charge in [0.1, 0.15) is 29.7 Å². The number of hydrogen-bond donors (Lipinski definition) is 0. The first-order chi connectivity index (χ1) is 17.9. The lowest BCUT2D eigenvalue weighted by Gasteiger charge is -2.39. The summed E-state index contributed by atoms with van der Waals surface area (Å²) >= 11 is 0. The normalized spacial score (nSPS) is 24.1. The summed E-state index contributed by atoms with van der Waals surface area (Å²) < 4.78 is 58.5. The number of carbonyl (C=O) groups is 2. The number of halogens is 3. The van der Waals surface area contributed by atoms with Gasteiger partial charge in [0.2, 0.25) is 0 Å². The van der Waals surface area contributed by atoms with E-state index in [9.17, 15) is 22.8 Å². The molecule has 0 spiro atoms. The van der Waals surface area contributed by atoms with Crippen molar-refractivity contribution in [2.24, 2.45) is 0 Å². The number of alkyl halides is 3. The van der Waals surface area contributed by atoms with Gasteiger partial charge in [-0.1, -0.05) is 0 Å². The van der Waals surface area contributed by atoms with Crippen molar-refractivity contribution >= 4 is 22.9 Å². The van der Waals surface area contributed by atoms with Crippen LogP contribution in [0, 0.1) is 0 Å². The van der Waals surface area contributed by atoms with E-state index in [0.29, 0.717) is 55.8 Å². The molecule has 3 aliphatic rings. The molecule has 0 radical (unpaired) electrons. The van der Waals surface area contributed by atoms with Gasteiger partial charge in [0.05, 0.1) is 13.2 Å². The minimum Gasteiger partial charge on any atom is -0.490 e. The van der Waals surface area contributed by atoms with Crippen LogP contribution in [0.5, 0.6) is 5.75 Å². The number of fused-ring (bicyclic) bond motifs is 3. The molecule has 0 saturated carbocycles. The molecule has 3 fully saturated rings. The summed E-state index contributed by atoms with van der Waals surface area (Å²) in [5, 5.41) is 0.512. The quantitative estimate of drug-likeness (QED) is 0.550. The summed E-state index contributed by atoms with van der Waals surface area (Å²) in [5.74, 6) is 0.0875. The van der Waals surface area contributed by atoms with Crippen molar-refractivity contribution in [3.8, 4) is 5.75 Å². The van der Waals surface area contributed by atoms with Gasteiger partial charge in [-0.3, -0.25) is 4.79 Å². The second-order valence-electron chi connectivity index (χ2n) is 11.3. The molecular weight excluding hydrogens is 503 g/mol. The topological polar surface area (TPSA) is 73.2 Å². The summed E-state index contributed by atoms with van der Waals surface area (Å²) in [6, 6.07) is 6.50. The summed E-state index contributed by atoms with van der Waals surface area (Å²) in [7, 11) is 0. The highest BCUT2D eigenvalue weighted by molar-refractivity contribution is 5.99. The molecule has 1 aromatic heterocycles. The van der Waals surface area contributed by atoms with E-state index in [1.54, 1.807) is 18.2 Å². The fourth-order valence-electron chi connectivity index (χ4n) is 5.81. The largest absolute Gasteiger partial charge is 0.490 e. The Balaban J connectivity index is 1.34. The molecule has 11 heteroatoms. The van der Waals surface area contributed by atoms with Gasteiger partial charge >= 0.3 is 12.3 Å². The molecule has 5 rings (SSSR count). The minimum absolute atomic E-state index is 0.0000818. The number of carbonyl (C=O) groups excluding carboxylic acids is 2. The summed E-state index contributed by atoms with van der Waals surface area (Å²) in [6.07, 6.45) is -1.83. The number of nitrogens with zero attached hydrogens (tertiary/aromatic N) is 3. The highest BCUT2D eigenvalue weighted by Gasteiger charge is 2.45. The molecule has 2 amide bonds. The van der Waals surface area contributed by atoms with Gasteiger partial charge < -0.3 is 28.6 Å². The van der Waals surface area contributed by atoms with Crippen LogP contribution in [-0.4, -0.2) is 82.6 Å². The second kappa shape index (κ2) is 9.98. The lowest BCUT2D eigenvalue weighted by atomic mass is 10.00. The van der Waals surface area contributed by atoms with Gasteiger partial charge in [0, 0.05) is 48.9 Å². The molecule has 2 aromatic rings. The molecule has 3 aliphatic heterocycles. The monoisotopic (exact) mass is 537 g/mol. The molecule has 8 nitrogen and oxygen atoms in total. The Kier molecular flexibility index (Phi) is 7.00. The lowest BCUT2D eigenvalue weighted by Crippen LogP contribution is -2.50.